The van der Waals surface area contributed by atoms with Crippen LogP contribution in [0.25, 0.3) is 0 Å². The summed E-state index contributed by atoms with van der Waals surface area (Å²) in [6.07, 6.45) is 0. The summed E-state index contributed by atoms with van der Waals surface area (Å²) in [5.41, 5.74) is 0. The number of hydrogen-bond donors (Lipinski definition) is 2. The molecule has 0 aromatic carbocycles. The zero-order valence-corrected chi connectivity index (χ0v) is 14.2. The van der Waals surface area contributed by atoms with Crippen LogP contribution in [0.4, 0.5) is 0 Å². The van der Waals surface area contributed by atoms with Crippen molar-refractivity contribution in [2.45, 2.75) is 0 Å². The fourth-order valence-corrected chi connectivity index (χ4v) is 0.728. The monoisotopic (exact) mass is 398 g/mol. The van der Waals surface area contributed by atoms with E-state index >= 15 is 0 Å². The second-order valence-corrected chi connectivity index (χ2v) is 1.87. The minimum Gasteiger partial charge on any atom is -1.00 e. The zero-order valence-electron chi connectivity index (χ0n) is 13.2. The van der Waals surface area contributed by atoms with Crippen LogP contribution >= 0.6 is 0 Å². The Bertz CT molecular complexity index is 133. The number of fused-ring (bicyclic) bond motifs is 2. The van der Waals surface area contributed by atoms with E-state index in [9.17, 15) is 0 Å². The zero-order chi connectivity index (χ0) is 7.84. The smallest absolute Gasteiger partial charge is 1.00 e. The van der Waals surface area contributed by atoms with Crippen molar-refractivity contribution < 1.29 is 130 Å². The fraction of sp³-hybridized carbons (Fsp3) is 0. The molecular weight excluding hydrogens is 370 g/mol. The van der Waals surface area contributed by atoms with Gasteiger partial charge in [0.05, 0.1) is 0 Å². The van der Waals surface area contributed by atoms with Gasteiger partial charge in [0, 0.05) is 0 Å². The molecule has 0 radical (unpaired) electrons. The van der Waals surface area contributed by atoms with Gasteiger partial charge in [0.25, 0.3) is 0 Å². The molecule has 0 spiro atoms. The Morgan fingerprint density at radius 1 is 0.417 bits per heavy atom. The quantitative estimate of drug-likeness (QED) is 0.370. The molecule has 2 rings (SSSR count). The van der Waals surface area contributed by atoms with Crippen LogP contribution < -0.4 is 29.6 Å². The summed E-state index contributed by atoms with van der Waals surface area (Å²) in [6.45, 7) is 0. The fourth-order valence-electron chi connectivity index (χ4n) is 0.728. The van der Waals surface area contributed by atoms with Gasteiger partial charge in [-0.1, -0.05) is 0 Å². The van der Waals surface area contributed by atoms with Crippen LogP contribution in [0.15, 0.2) is 0 Å². The Morgan fingerprint density at radius 3 is 0.750 bits per heavy atom. The summed E-state index contributed by atoms with van der Waals surface area (Å²) < 4.78 is 22.6. The molecule has 154 valence electrons. The first-order valence-corrected chi connectivity index (χ1v) is 2.87. The Kier molecular flexibility index (Phi) is 140. The molecule has 26 N–H and O–H groups in total. The summed E-state index contributed by atoms with van der Waals surface area (Å²) in [5.74, 6) is 0. The summed E-state index contributed by atoms with van der Waals surface area (Å²) in [4.78, 5) is 0. The van der Waals surface area contributed by atoms with Crippen LogP contribution in [-0.4, -0.2) is 105 Å². The largest absolute Gasteiger partial charge is 1.00 e. The predicted octanol–water partition coefficient (Wildman–Crippen LogP) is -15.8. The molecule has 2 heterocycles. The molecular formula is H27B4NaO19. The first-order valence-electron chi connectivity index (χ1n) is 2.87. The SMILES string of the molecule is O.O.O.O.O.O.O.O.O.O.O.O.OB1OB2OB(O)OB(O1)O2.[H-].[Na+]. The van der Waals surface area contributed by atoms with Gasteiger partial charge in [-0.25, -0.2) is 0 Å². The van der Waals surface area contributed by atoms with E-state index < -0.39 is 29.3 Å². The third kappa shape index (κ3) is 24.7. The normalized spacial score (nSPS) is 11.2. The summed E-state index contributed by atoms with van der Waals surface area (Å²) in [6, 6.07) is 0. The van der Waals surface area contributed by atoms with Crippen LogP contribution in [0.3, 0.4) is 0 Å². The molecule has 2 aliphatic rings. The van der Waals surface area contributed by atoms with Crippen LogP contribution in [0.5, 0.6) is 0 Å². The van der Waals surface area contributed by atoms with Gasteiger partial charge in [-0.2, -0.15) is 0 Å². The van der Waals surface area contributed by atoms with Gasteiger partial charge in [0.1, 0.15) is 0 Å². The minimum absolute atomic E-state index is 0. The Balaban J connectivity index is -0.00000000935. The molecule has 0 atom stereocenters. The first-order chi connectivity index (χ1) is 5.24. The van der Waals surface area contributed by atoms with E-state index in [1.54, 1.807) is 0 Å². The number of hydrogen-bond acceptors (Lipinski definition) is 7. The molecule has 0 aromatic heterocycles. The second-order valence-electron chi connectivity index (χ2n) is 1.87. The third-order valence-electron chi connectivity index (χ3n) is 1.13. The molecule has 0 amide bonds. The summed E-state index contributed by atoms with van der Waals surface area (Å²) in [7, 11) is -5.20. The molecule has 0 aromatic rings. The van der Waals surface area contributed by atoms with Crippen LogP contribution in [0.1, 0.15) is 1.43 Å². The standard InChI is InChI=1S/B4H2O7.Na.12H2O.H/c5-1-7-3-9-2(6)10-4(8-1)11-3;;;;;;;;;;;;;;/h5-6H;;12*1H2;/q;+1;;;;;;;;;;;;;-1. The van der Waals surface area contributed by atoms with E-state index in [4.69, 9.17) is 10.0 Å². The molecule has 2 aliphatic heterocycles. The van der Waals surface area contributed by atoms with Crippen LogP contribution in [0.2, 0.25) is 0 Å². The first kappa shape index (κ1) is 86.6. The molecule has 2 bridgehead atoms. The van der Waals surface area contributed by atoms with Crippen LogP contribution in [-0.2, 0) is 22.9 Å². The van der Waals surface area contributed by atoms with E-state index in [2.05, 4.69) is 22.9 Å². The van der Waals surface area contributed by atoms with Gasteiger partial charge in [-0.15, -0.1) is 0 Å². The van der Waals surface area contributed by atoms with E-state index in [0.29, 0.717) is 0 Å². The second kappa shape index (κ2) is 38.8. The van der Waals surface area contributed by atoms with E-state index in [-0.39, 0.29) is 96.7 Å². The van der Waals surface area contributed by atoms with Crippen molar-refractivity contribution in [3.63, 3.8) is 0 Å². The minimum atomic E-state index is -1.45. The van der Waals surface area contributed by atoms with Crippen LogP contribution in [0, 0.1) is 0 Å². The average Bonchev–Trinajstić information content (AvgIpc) is 1.82. The molecule has 24 heteroatoms. The van der Waals surface area contributed by atoms with Gasteiger partial charge < -0.3 is 100 Å². The van der Waals surface area contributed by atoms with Crippen molar-refractivity contribution in [2.24, 2.45) is 0 Å². The Hall–Kier alpha value is 0.500. The topological polar surface area (TPSA) is 465 Å². The van der Waals surface area contributed by atoms with Gasteiger partial charge >= 0.3 is 58.8 Å². The van der Waals surface area contributed by atoms with Gasteiger partial charge in [-0.3, -0.25) is 0 Å². The van der Waals surface area contributed by atoms with Gasteiger partial charge in [0.15, 0.2) is 0 Å². The van der Waals surface area contributed by atoms with Crippen molar-refractivity contribution >= 4 is 29.3 Å². The average molecular weight is 397 g/mol. The maximum atomic E-state index is 8.74. The molecule has 2 saturated heterocycles. The molecule has 24 heavy (non-hydrogen) atoms. The molecule has 0 aliphatic carbocycles. The van der Waals surface area contributed by atoms with Crippen molar-refractivity contribution in [1.29, 1.82) is 0 Å². The van der Waals surface area contributed by atoms with E-state index in [0.717, 1.165) is 0 Å². The Morgan fingerprint density at radius 2 is 0.583 bits per heavy atom. The van der Waals surface area contributed by atoms with E-state index in [1.165, 1.54) is 0 Å². The Labute approximate surface area is 159 Å². The van der Waals surface area contributed by atoms with Crippen molar-refractivity contribution in [1.82, 2.24) is 0 Å². The maximum Gasteiger partial charge on any atom is 1.00 e. The number of rotatable bonds is 0. The summed E-state index contributed by atoms with van der Waals surface area (Å²) >= 11 is 0. The van der Waals surface area contributed by atoms with Gasteiger partial charge in [0.2, 0.25) is 0 Å². The molecule has 0 saturated carbocycles. The third-order valence-corrected chi connectivity index (χ3v) is 1.13. The van der Waals surface area contributed by atoms with Crippen molar-refractivity contribution in [3.05, 3.63) is 0 Å². The summed E-state index contributed by atoms with van der Waals surface area (Å²) in [5, 5.41) is 17.5. The predicted molar refractivity (Wildman–Crippen MR) is 77.4 cm³/mol. The molecule has 0 unspecified atom stereocenters. The van der Waals surface area contributed by atoms with Gasteiger partial charge in [-0.05, 0) is 0 Å². The molecule has 2 fully saturated rings. The maximum absolute atomic E-state index is 8.74. The van der Waals surface area contributed by atoms with Crippen molar-refractivity contribution in [2.75, 3.05) is 0 Å². The van der Waals surface area contributed by atoms with Crippen molar-refractivity contribution in [3.8, 4) is 0 Å². The molecule has 19 nitrogen and oxygen atoms in total. The van der Waals surface area contributed by atoms with E-state index in [1.807, 2.05) is 0 Å².